The van der Waals surface area contributed by atoms with E-state index in [4.69, 9.17) is 16.3 Å². The van der Waals surface area contributed by atoms with Crippen LogP contribution in [0, 0.1) is 13.8 Å². The number of imide groups is 1. The van der Waals surface area contributed by atoms with Gasteiger partial charge in [-0.15, -0.1) is 0 Å². The van der Waals surface area contributed by atoms with Crippen LogP contribution < -0.4 is 9.64 Å². The summed E-state index contributed by atoms with van der Waals surface area (Å²) in [7, 11) is 0. The van der Waals surface area contributed by atoms with E-state index in [-0.39, 0.29) is 16.7 Å². The highest BCUT2D eigenvalue weighted by Gasteiger charge is 2.39. The second-order valence-corrected chi connectivity index (χ2v) is 7.05. The summed E-state index contributed by atoms with van der Waals surface area (Å²) in [6, 6.07) is 12.6. The van der Waals surface area contributed by atoms with Crippen molar-refractivity contribution in [2.24, 2.45) is 0 Å². The number of hydrogen-bond acceptors (Lipinski definition) is 3. The molecule has 0 fully saturated rings. The van der Waals surface area contributed by atoms with Gasteiger partial charge >= 0.3 is 0 Å². The maximum atomic E-state index is 12.9. The maximum Gasteiger partial charge on any atom is 0.277 e. The largest absolute Gasteiger partial charge is 0.491 e. The molecule has 0 aromatic heterocycles. The molecule has 0 saturated carbocycles. The van der Waals surface area contributed by atoms with Crippen LogP contribution in [0.15, 0.2) is 47.5 Å². The van der Waals surface area contributed by atoms with Gasteiger partial charge in [0, 0.05) is 0 Å². The Labute approximate surface area is 158 Å². The van der Waals surface area contributed by atoms with E-state index in [1.54, 1.807) is 36.4 Å². The lowest BCUT2D eigenvalue weighted by molar-refractivity contribution is -0.119. The fourth-order valence-electron chi connectivity index (χ4n) is 3.04. The molecule has 0 radical (unpaired) electrons. The lowest BCUT2D eigenvalue weighted by Crippen LogP contribution is -2.31. The van der Waals surface area contributed by atoms with Gasteiger partial charge in [-0.05, 0) is 68.7 Å². The highest BCUT2D eigenvalue weighted by molar-refractivity contribution is 6.60. The van der Waals surface area contributed by atoms with Crippen molar-refractivity contribution in [1.29, 1.82) is 0 Å². The molecule has 0 atom stereocenters. The first kappa shape index (κ1) is 18.2. The highest BCUT2D eigenvalue weighted by Crippen LogP contribution is 2.36. The molecule has 0 spiro atoms. The summed E-state index contributed by atoms with van der Waals surface area (Å²) < 4.78 is 5.61. The summed E-state index contributed by atoms with van der Waals surface area (Å²) >= 11 is 6.24. The summed E-state index contributed by atoms with van der Waals surface area (Å²) in [6.07, 6.45) is 0.0541. The molecule has 134 valence electrons. The minimum atomic E-state index is -0.501. The monoisotopic (exact) mass is 369 g/mol. The fourth-order valence-corrected chi connectivity index (χ4v) is 3.31. The molecule has 0 saturated heterocycles. The molecule has 1 aliphatic rings. The first-order valence-corrected chi connectivity index (χ1v) is 8.79. The summed E-state index contributed by atoms with van der Waals surface area (Å²) in [4.78, 5) is 26.7. The van der Waals surface area contributed by atoms with E-state index in [0.717, 1.165) is 16.0 Å². The summed E-state index contributed by atoms with van der Waals surface area (Å²) in [5.41, 5.74) is 3.29. The number of amides is 2. The van der Waals surface area contributed by atoms with Crippen LogP contribution in [0.25, 0.3) is 5.57 Å². The zero-order chi connectivity index (χ0) is 19.0. The molecule has 3 rings (SSSR count). The number of carbonyl (C=O) groups excluding carboxylic acids is 2. The molecular formula is C21H20ClNO3. The molecule has 1 heterocycles. The Bertz CT molecular complexity index is 893. The number of carbonyl (C=O) groups is 2. The number of benzene rings is 2. The average Bonchev–Trinajstić information content (AvgIpc) is 2.76. The van der Waals surface area contributed by atoms with E-state index in [1.165, 1.54) is 0 Å². The molecule has 2 aromatic rings. The predicted molar refractivity (Wildman–Crippen MR) is 103 cm³/mol. The van der Waals surface area contributed by atoms with Crippen LogP contribution >= 0.6 is 11.6 Å². The molecule has 2 amide bonds. The van der Waals surface area contributed by atoms with Gasteiger partial charge in [-0.3, -0.25) is 9.59 Å². The van der Waals surface area contributed by atoms with E-state index in [2.05, 4.69) is 0 Å². The van der Waals surface area contributed by atoms with Crippen LogP contribution in [-0.2, 0) is 9.59 Å². The third-order valence-electron chi connectivity index (χ3n) is 4.01. The SMILES string of the molecule is Cc1cc(C)cc(N2C(=O)C(Cl)=C(c3ccc(OC(C)C)cc3)C2=O)c1. The van der Waals surface area contributed by atoms with Crippen molar-refractivity contribution in [3.63, 3.8) is 0 Å². The maximum absolute atomic E-state index is 12.9. The van der Waals surface area contributed by atoms with Gasteiger partial charge in [0.25, 0.3) is 11.8 Å². The van der Waals surface area contributed by atoms with Crippen molar-refractivity contribution in [3.8, 4) is 5.75 Å². The number of halogens is 1. The Balaban J connectivity index is 1.96. The van der Waals surface area contributed by atoms with Crippen LogP contribution in [0.4, 0.5) is 5.69 Å². The van der Waals surface area contributed by atoms with Gasteiger partial charge < -0.3 is 4.74 Å². The van der Waals surface area contributed by atoms with Gasteiger partial charge in [0.15, 0.2) is 0 Å². The molecule has 0 bridgehead atoms. The number of hydrogen-bond donors (Lipinski definition) is 0. The van der Waals surface area contributed by atoms with Gasteiger partial charge in [-0.25, -0.2) is 4.90 Å². The van der Waals surface area contributed by atoms with E-state index < -0.39 is 11.8 Å². The first-order chi connectivity index (χ1) is 12.3. The fraction of sp³-hybridized carbons (Fsp3) is 0.238. The standard InChI is InChI=1S/C21H20ClNO3/c1-12(2)26-17-7-5-15(6-8-17)18-19(22)21(25)23(20(18)24)16-10-13(3)9-14(4)11-16/h5-12H,1-4H3. The van der Waals surface area contributed by atoms with E-state index in [1.807, 2.05) is 33.8 Å². The van der Waals surface area contributed by atoms with E-state index in [9.17, 15) is 9.59 Å². The summed E-state index contributed by atoms with van der Waals surface area (Å²) in [6.45, 7) is 7.72. The van der Waals surface area contributed by atoms with E-state index in [0.29, 0.717) is 17.0 Å². The molecule has 26 heavy (non-hydrogen) atoms. The van der Waals surface area contributed by atoms with Crippen LogP contribution in [0.3, 0.4) is 0 Å². The quantitative estimate of drug-likeness (QED) is 0.739. The third kappa shape index (κ3) is 3.37. The third-order valence-corrected chi connectivity index (χ3v) is 4.36. The minimum absolute atomic E-state index is 0.0541. The van der Waals surface area contributed by atoms with Gasteiger partial charge in [-0.1, -0.05) is 29.8 Å². The van der Waals surface area contributed by atoms with Gasteiger partial charge in [0.05, 0.1) is 17.4 Å². The highest BCUT2D eigenvalue weighted by atomic mass is 35.5. The number of anilines is 1. The molecule has 5 heteroatoms. The second kappa shape index (κ2) is 6.96. The molecule has 4 nitrogen and oxygen atoms in total. The van der Waals surface area contributed by atoms with Crippen molar-refractivity contribution in [3.05, 3.63) is 64.2 Å². The molecule has 2 aromatic carbocycles. The van der Waals surface area contributed by atoms with Crippen LogP contribution in [-0.4, -0.2) is 17.9 Å². The van der Waals surface area contributed by atoms with Crippen molar-refractivity contribution in [2.75, 3.05) is 4.90 Å². The smallest absolute Gasteiger partial charge is 0.277 e. The Hall–Kier alpha value is -2.59. The zero-order valence-corrected chi connectivity index (χ0v) is 15.9. The minimum Gasteiger partial charge on any atom is -0.491 e. The summed E-state index contributed by atoms with van der Waals surface area (Å²) in [5.74, 6) is -0.217. The average molecular weight is 370 g/mol. The Kier molecular flexibility index (Phi) is 4.88. The number of ether oxygens (including phenoxy) is 1. The molecule has 0 N–H and O–H groups in total. The van der Waals surface area contributed by atoms with Gasteiger partial charge in [-0.2, -0.15) is 0 Å². The van der Waals surface area contributed by atoms with Crippen molar-refractivity contribution in [1.82, 2.24) is 0 Å². The molecular weight excluding hydrogens is 350 g/mol. The first-order valence-electron chi connectivity index (χ1n) is 8.42. The Morgan fingerprint density at radius 3 is 2.04 bits per heavy atom. The number of aryl methyl sites for hydroxylation is 2. The van der Waals surface area contributed by atoms with Crippen LogP contribution in [0.5, 0.6) is 5.75 Å². The Morgan fingerprint density at radius 1 is 0.923 bits per heavy atom. The predicted octanol–water partition coefficient (Wildman–Crippen LogP) is 4.61. The normalized spacial score (nSPS) is 14.6. The number of rotatable bonds is 4. The molecule has 1 aliphatic heterocycles. The summed E-state index contributed by atoms with van der Waals surface area (Å²) in [5, 5.41) is -0.0633. The van der Waals surface area contributed by atoms with Gasteiger partial charge in [0.1, 0.15) is 10.8 Å². The lowest BCUT2D eigenvalue weighted by Gasteiger charge is -2.16. The van der Waals surface area contributed by atoms with Crippen molar-refractivity contribution in [2.45, 2.75) is 33.8 Å². The van der Waals surface area contributed by atoms with Crippen LogP contribution in [0.2, 0.25) is 0 Å². The number of nitrogens with zero attached hydrogens (tertiary/aromatic N) is 1. The zero-order valence-electron chi connectivity index (χ0n) is 15.2. The van der Waals surface area contributed by atoms with Crippen molar-refractivity contribution < 1.29 is 14.3 Å². The topological polar surface area (TPSA) is 46.6 Å². The molecule has 0 aliphatic carbocycles. The Morgan fingerprint density at radius 2 is 1.50 bits per heavy atom. The van der Waals surface area contributed by atoms with Gasteiger partial charge in [0.2, 0.25) is 0 Å². The molecule has 0 unspecified atom stereocenters. The van der Waals surface area contributed by atoms with Crippen LogP contribution in [0.1, 0.15) is 30.5 Å². The van der Waals surface area contributed by atoms with Crippen molar-refractivity contribution >= 4 is 34.7 Å². The van der Waals surface area contributed by atoms with E-state index >= 15 is 0 Å². The lowest BCUT2D eigenvalue weighted by atomic mass is 10.1. The second-order valence-electron chi connectivity index (χ2n) is 6.67.